The number of fused-ring (bicyclic) bond motifs is 3. The van der Waals surface area contributed by atoms with Gasteiger partial charge in [-0.1, -0.05) is 37.4 Å². The first-order chi connectivity index (χ1) is 16.3. The second-order valence-electron chi connectivity index (χ2n) is 8.25. The highest BCUT2D eigenvalue weighted by Gasteiger charge is 2.20. The molecule has 4 aromatic rings. The number of ether oxygens (including phenoxy) is 1. The number of carbonyl (C=O) groups excluding carboxylic acids is 1. The van der Waals surface area contributed by atoms with E-state index in [1.165, 1.54) is 0 Å². The van der Waals surface area contributed by atoms with Crippen LogP contribution in [-0.4, -0.2) is 37.8 Å². The number of nitrogen functional groups attached to an aromatic ring is 1. The lowest BCUT2D eigenvalue weighted by molar-refractivity contribution is 0.0725. The van der Waals surface area contributed by atoms with Crippen LogP contribution in [0.2, 0.25) is 0 Å². The summed E-state index contributed by atoms with van der Waals surface area (Å²) >= 11 is 0. The van der Waals surface area contributed by atoms with Crippen molar-refractivity contribution in [3.63, 3.8) is 0 Å². The molecular weight excluding hydrogens is 426 g/mol. The molecule has 0 fully saturated rings. The van der Waals surface area contributed by atoms with Crippen molar-refractivity contribution < 1.29 is 9.53 Å². The zero-order chi connectivity index (χ0) is 24.2. The number of para-hydroxylation sites is 1. The van der Waals surface area contributed by atoms with Gasteiger partial charge in [0.2, 0.25) is 0 Å². The Hall–Kier alpha value is -4.39. The smallest absolute Gasteiger partial charge is 0.254 e. The van der Waals surface area contributed by atoms with Crippen LogP contribution in [0.1, 0.15) is 24.2 Å². The predicted octanol–water partition coefficient (Wildman–Crippen LogP) is 5.02. The number of rotatable bonds is 8. The maximum Gasteiger partial charge on any atom is 0.254 e. The van der Waals surface area contributed by atoms with Gasteiger partial charge in [-0.05, 0) is 55.8 Å². The molecule has 0 unspecified atom stereocenters. The van der Waals surface area contributed by atoms with E-state index in [4.69, 9.17) is 10.5 Å². The molecule has 0 spiro atoms. The van der Waals surface area contributed by atoms with E-state index in [2.05, 4.69) is 23.1 Å². The van der Waals surface area contributed by atoms with Crippen LogP contribution in [0.3, 0.4) is 0 Å². The van der Waals surface area contributed by atoms with Crippen LogP contribution in [0.4, 0.5) is 5.82 Å². The van der Waals surface area contributed by atoms with Crippen LogP contribution < -0.4 is 10.5 Å². The topological polar surface area (TPSA) is 85.8 Å². The fourth-order valence-electron chi connectivity index (χ4n) is 3.62. The second-order valence-corrected chi connectivity index (χ2v) is 8.25. The van der Waals surface area contributed by atoms with Gasteiger partial charge in [0.1, 0.15) is 22.8 Å². The van der Waals surface area contributed by atoms with Crippen LogP contribution in [0.5, 0.6) is 5.75 Å². The van der Waals surface area contributed by atoms with E-state index in [1.807, 2.05) is 60.7 Å². The van der Waals surface area contributed by atoms with Gasteiger partial charge in [0.25, 0.3) is 5.91 Å². The molecule has 4 rings (SSSR count). The summed E-state index contributed by atoms with van der Waals surface area (Å²) < 4.78 is 7.53. The maximum absolute atomic E-state index is 13.4. The molecule has 0 aliphatic heterocycles. The fourth-order valence-corrected chi connectivity index (χ4v) is 3.62. The highest BCUT2D eigenvalue weighted by Crippen LogP contribution is 2.22. The number of aromatic nitrogens is 3. The maximum atomic E-state index is 13.4. The monoisotopic (exact) mass is 453 g/mol. The Balaban J connectivity index is 1.51. The number of allylic oxidation sites excluding steroid dienone is 1. The van der Waals surface area contributed by atoms with Crippen molar-refractivity contribution in [1.82, 2.24) is 19.3 Å². The van der Waals surface area contributed by atoms with Crippen molar-refractivity contribution in [2.75, 3.05) is 12.3 Å². The molecule has 2 heterocycles. The normalized spacial score (nSPS) is 11.4. The van der Waals surface area contributed by atoms with Gasteiger partial charge < -0.3 is 15.4 Å². The molecule has 0 radical (unpaired) electrons. The third-order valence-corrected chi connectivity index (χ3v) is 5.38. The molecule has 0 aliphatic rings. The molecule has 2 N–H and O–H groups in total. The molecule has 1 amide bonds. The first-order valence-electron chi connectivity index (χ1n) is 10.9. The Morgan fingerprint density at radius 2 is 1.91 bits per heavy atom. The minimum Gasteiger partial charge on any atom is -0.458 e. The summed E-state index contributed by atoms with van der Waals surface area (Å²) in [6.45, 7) is 12.4. The largest absolute Gasteiger partial charge is 0.458 e. The molecule has 0 saturated heterocycles. The lowest BCUT2D eigenvalue weighted by Crippen LogP contribution is -2.38. The zero-order valence-corrected chi connectivity index (χ0v) is 19.3. The lowest BCUT2D eigenvalue weighted by Gasteiger charge is -2.27. The molecule has 7 heteroatoms. The number of benzene rings is 2. The van der Waals surface area contributed by atoms with E-state index in [0.717, 1.165) is 11.1 Å². The van der Waals surface area contributed by atoms with E-state index in [-0.39, 0.29) is 11.9 Å². The van der Waals surface area contributed by atoms with E-state index < -0.39 is 0 Å². The number of hydrogen-bond donors (Lipinski definition) is 1. The van der Waals surface area contributed by atoms with Crippen LogP contribution in [0.15, 0.2) is 97.7 Å². The van der Waals surface area contributed by atoms with Crippen LogP contribution in [0, 0.1) is 0 Å². The van der Waals surface area contributed by atoms with Crippen molar-refractivity contribution in [1.29, 1.82) is 0 Å². The van der Waals surface area contributed by atoms with Crippen molar-refractivity contribution in [2.45, 2.75) is 19.9 Å². The first kappa shape index (κ1) is 22.8. The third kappa shape index (κ3) is 4.83. The number of anilines is 1. The summed E-state index contributed by atoms with van der Waals surface area (Å²) in [6, 6.07) is 14.8. The third-order valence-electron chi connectivity index (χ3n) is 5.38. The van der Waals surface area contributed by atoms with E-state index in [1.54, 1.807) is 35.6 Å². The molecule has 2 aromatic heterocycles. The van der Waals surface area contributed by atoms with E-state index in [0.29, 0.717) is 40.5 Å². The van der Waals surface area contributed by atoms with Crippen LogP contribution >= 0.6 is 0 Å². The van der Waals surface area contributed by atoms with Gasteiger partial charge in [0.05, 0.1) is 23.6 Å². The Morgan fingerprint density at radius 3 is 2.65 bits per heavy atom. The van der Waals surface area contributed by atoms with Gasteiger partial charge in [0, 0.05) is 18.2 Å². The number of carbonyl (C=O) groups is 1. The minimum atomic E-state index is -0.101. The highest BCUT2D eigenvalue weighted by atomic mass is 16.5. The Kier molecular flexibility index (Phi) is 6.45. The van der Waals surface area contributed by atoms with Crippen LogP contribution in [-0.2, 0) is 0 Å². The van der Waals surface area contributed by atoms with Gasteiger partial charge in [-0.25, -0.2) is 9.97 Å². The zero-order valence-electron chi connectivity index (χ0n) is 19.3. The lowest BCUT2D eigenvalue weighted by atomic mass is 10.1. The molecule has 0 bridgehead atoms. The summed E-state index contributed by atoms with van der Waals surface area (Å²) in [5.41, 5.74) is 9.50. The molecule has 0 atom stereocenters. The molecule has 7 nitrogen and oxygen atoms in total. The summed E-state index contributed by atoms with van der Waals surface area (Å²) in [4.78, 5) is 23.8. The SMILES string of the molecule is C=C(/C=C\C(=C)Oc1ccccc1)CN(C(=O)c1ccc2nc(N)c3cncn3c2c1)C(C)C. The highest BCUT2D eigenvalue weighted by molar-refractivity contribution is 5.98. The molecule has 172 valence electrons. The number of nitrogens with two attached hydrogens (primary N) is 1. The Morgan fingerprint density at radius 1 is 1.15 bits per heavy atom. The predicted molar refractivity (Wildman–Crippen MR) is 136 cm³/mol. The Bertz CT molecular complexity index is 1400. The summed E-state index contributed by atoms with van der Waals surface area (Å²) in [5.74, 6) is 1.49. The number of imidazole rings is 1. The minimum absolute atomic E-state index is 0.0325. The van der Waals surface area contributed by atoms with Gasteiger partial charge in [-0.2, -0.15) is 0 Å². The summed E-state index contributed by atoms with van der Waals surface area (Å²) in [5, 5.41) is 0. The molecule has 0 saturated carbocycles. The molecule has 0 aliphatic carbocycles. The summed E-state index contributed by atoms with van der Waals surface area (Å²) in [7, 11) is 0. The Labute approximate surface area is 198 Å². The van der Waals surface area contributed by atoms with Gasteiger partial charge >= 0.3 is 0 Å². The van der Waals surface area contributed by atoms with E-state index >= 15 is 0 Å². The second kappa shape index (κ2) is 9.62. The molecular formula is C27H27N5O2. The standard InChI is InChI=1S/C27H27N5O2/c1-18(2)31(16-19(3)10-11-20(4)34-22-8-6-5-7-9-22)27(33)21-12-13-23-24(14-21)32-17-29-15-25(32)26(28)30-23/h5-15,17-18H,3-4,16H2,1-2H3,(H2,28,30)/b11-10-. The molecule has 2 aromatic carbocycles. The van der Waals surface area contributed by atoms with Crippen molar-refractivity contribution in [2.24, 2.45) is 0 Å². The van der Waals surface area contributed by atoms with Crippen molar-refractivity contribution >= 4 is 28.3 Å². The van der Waals surface area contributed by atoms with E-state index in [9.17, 15) is 4.79 Å². The van der Waals surface area contributed by atoms with Crippen molar-refractivity contribution in [3.8, 4) is 5.75 Å². The van der Waals surface area contributed by atoms with Crippen molar-refractivity contribution in [3.05, 3.63) is 103 Å². The molecule has 34 heavy (non-hydrogen) atoms. The van der Waals surface area contributed by atoms with Crippen LogP contribution in [0.25, 0.3) is 16.6 Å². The summed E-state index contributed by atoms with van der Waals surface area (Å²) in [6.07, 6.45) is 6.89. The first-order valence-corrected chi connectivity index (χ1v) is 10.9. The fraction of sp³-hybridized carbons (Fsp3) is 0.148. The average Bonchev–Trinajstić information content (AvgIpc) is 3.32. The number of nitrogens with zero attached hydrogens (tertiary/aromatic N) is 4. The quantitative estimate of drug-likeness (QED) is 0.299. The number of amides is 1. The van der Waals surface area contributed by atoms with Gasteiger partial charge in [0.15, 0.2) is 0 Å². The van der Waals surface area contributed by atoms with Gasteiger partial charge in [-0.3, -0.25) is 9.20 Å². The average molecular weight is 454 g/mol. The van der Waals surface area contributed by atoms with Gasteiger partial charge in [-0.15, -0.1) is 0 Å². The number of hydrogen-bond acceptors (Lipinski definition) is 5.